The average Bonchev–Trinajstić information content (AvgIpc) is 1.60. The van der Waals surface area contributed by atoms with E-state index in [4.69, 9.17) is 0 Å². The van der Waals surface area contributed by atoms with Crippen LogP contribution in [-0.4, -0.2) is 11.6 Å². The van der Waals surface area contributed by atoms with Crippen molar-refractivity contribution in [3.8, 4) is 50.1 Å². The van der Waals surface area contributed by atoms with Crippen molar-refractivity contribution in [2.45, 2.75) is 230 Å². The normalized spacial score (nSPS) is 14.5. The average molecular weight is 1320 g/mol. The first-order chi connectivity index (χ1) is 41.6. The molecular formula is C75H92F2O2S8. The van der Waals surface area contributed by atoms with Gasteiger partial charge in [0.1, 0.15) is 11.6 Å². The number of rotatable bonds is 28. The summed E-state index contributed by atoms with van der Waals surface area (Å²) >= 11 is 13.6. The number of hydrogen-bond acceptors (Lipinski definition) is 10. The van der Waals surface area contributed by atoms with E-state index in [1.165, 1.54) is 9.75 Å². The largest absolute Gasteiger partial charge is 0.288 e. The van der Waals surface area contributed by atoms with Crippen LogP contribution in [0.1, 0.15) is 254 Å². The number of thiophene rings is 8. The van der Waals surface area contributed by atoms with Crippen LogP contribution in [0.5, 0.6) is 0 Å². The van der Waals surface area contributed by atoms with Crippen LogP contribution >= 0.6 is 90.7 Å². The molecule has 1 aliphatic rings. The molecule has 1 aliphatic carbocycles. The van der Waals surface area contributed by atoms with Gasteiger partial charge in [-0.1, -0.05) is 193 Å². The zero-order chi connectivity index (χ0) is 62.2. The molecule has 0 N–H and O–H groups in total. The molecule has 0 spiro atoms. The fraction of sp³-hybridized carbons (Fsp3) is 0.520. The molecule has 9 aromatic rings. The number of unbranched alkanes of at least 4 members (excludes halogenated alkanes) is 4. The summed E-state index contributed by atoms with van der Waals surface area (Å²) in [6.07, 6.45) is 19.6. The lowest BCUT2D eigenvalue weighted by atomic mass is 9.81. The Labute approximate surface area is 551 Å². The molecule has 87 heavy (non-hydrogen) atoms. The summed E-state index contributed by atoms with van der Waals surface area (Å²) in [7, 11) is 0. The molecule has 2 nitrogen and oxygen atoms in total. The van der Waals surface area contributed by atoms with Gasteiger partial charge in [-0.15, -0.1) is 90.7 Å². The number of fused-ring (bicyclic) bond motifs is 4. The lowest BCUT2D eigenvalue weighted by Crippen LogP contribution is -2.22. The summed E-state index contributed by atoms with van der Waals surface area (Å²) in [5.41, 5.74) is 4.40. The topological polar surface area (TPSA) is 34.1 Å². The highest BCUT2D eigenvalue weighted by atomic mass is 32.1. The second-order valence-corrected chi connectivity index (χ2v) is 36.0. The lowest BCUT2D eigenvalue weighted by molar-refractivity contribution is 0.0980. The third-order valence-corrected chi connectivity index (χ3v) is 29.0. The minimum absolute atomic E-state index is 0.00545. The van der Waals surface area contributed by atoms with Gasteiger partial charge in [-0.3, -0.25) is 9.59 Å². The summed E-state index contributed by atoms with van der Waals surface area (Å²) in [6.45, 7) is 31.5. The Morgan fingerprint density at radius 2 is 0.828 bits per heavy atom. The van der Waals surface area contributed by atoms with Gasteiger partial charge in [0.15, 0.2) is 11.6 Å². The molecule has 0 amide bonds. The van der Waals surface area contributed by atoms with Gasteiger partial charge >= 0.3 is 0 Å². The molecule has 0 saturated heterocycles. The highest BCUT2D eigenvalue weighted by Gasteiger charge is 2.42. The Balaban J connectivity index is 1.17. The molecule has 0 bridgehead atoms. The summed E-state index contributed by atoms with van der Waals surface area (Å²) in [5.74, 6) is 1.46. The Bertz CT molecular complexity index is 3760. The van der Waals surface area contributed by atoms with Crippen LogP contribution in [0.2, 0.25) is 0 Å². The maximum atomic E-state index is 16.7. The molecule has 8 aromatic heterocycles. The smallest absolute Gasteiger partial charge is 0.197 e. The van der Waals surface area contributed by atoms with Crippen molar-refractivity contribution in [3.05, 3.63) is 112 Å². The van der Waals surface area contributed by atoms with Gasteiger partial charge in [0.2, 0.25) is 0 Å². The summed E-state index contributed by atoms with van der Waals surface area (Å²) in [5, 5.41) is 2.17. The van der Waals surface area contributed by atoms with Crippen LogP contribution in [0.3, 0.4) is 0 Å². The standard InChI is InChI=1S/C75H92F2O2S8/c1-15-22-26-42(8)34-56-64-65(57(83-56)37-45(21-7)29-25-18-4)69(79)66-67(68(64)78)73(52-32-33-60(84-52)74(9,10)11)87-72(66)51-31-30-50(80-51)55-38-46-62(58-40-48(76)53(81-58)35-43(19-5)27-23-16-2)71-47(39-61(86-71)75(12,13)14)63(70(46)85-55)59-41-49(77)54(82-59)36-44(20-6)28-24-17-3/h30-33,38-45H,15-29,34-37H2,1-14H3. The second-order valence-electron chi connectivity index (χ2n) is 27.2. The first-order valence-corrected chi connectivity index (χ1v) is 39.4. The molecule has 0 fully saturated rings. The van der Waals surface area contributed by atoms with Gasteiger partial charge in [0.25, 0.3) is 0 Å². The molecule has 12 heteroatoms. The van der Waals surface area contributed by atoms with Gasteiger partial charge < -0.3 is 0 Å². The Morgan fingerprint density at radius 1 is 0.391 bits per heavy atom. The number of hydrogen-bond donors (Lipinski definition) is 0. The minimum atomic E-state index is -0.150. The fourth-order valence-corrected chi connectivity index (χ4v) is 23.2. The Morgan fingerprint density at radius 3 is 1.31 bits per heavy atom. The van der Waals surface area contributed by atoms with E-state index in [0.29, 0.717) is 45.9 Å². The molecule has 0 saturated carbocycles. The summed E-state index contributed by atoms with van der Waals surface area (Å²) in [4.78, 5) is 46.1. The van der Waals surface area contributed by atoms with Gasteiger partial charge in [0.05, 0.1) is 20.9 Å². The highest BCUT2D eigenvalue weighted by Crippen LogP contribution is 2.57. The van der Waals surface area contributed by atoms with Crippen molar-refractivity contribution >= 4 is 122 Å². The first kappa shape index (κ1) is 66.5. The van der Waals surface area contributed by atoms with E-state index < -0.39 is 0 Å². The van der Waals surface area contributed by atoms with Crippen molar-refractivity contribution in [1.82, 2.24) is 0 Å². The first-order valence-electron chi connectivity index (χ1n) is 32.9. The van der Waals surface area contributed by atoms with E-state index in [9.17, 15) is 0 Å². The Kier molecular flexibility index (Phi) is 21.5. The molecule has 4 unspecified atom stereocenters. The van der Waals surface area contributed by atoms with E-state index in [1.807, 2.05) is 23.5 Å². The third-order valence-electron chi connectivity index (χ3n) is 18.4. The molecule has 1 aromatic carbocycles. The predicted octanol–water partition coefficient (Wildman–Crippen LogP) is 27.1. The monoisotopic (exact) mass is 1320 g/mol. The molecule has 4 atom stereocenters. The van der Waals surface area contributed by atoms with E-state index >= 15 is 18.4 Å². The number of carbonyl (C=O) groups excluding carboxylic acids is 2. The van der Waals surface area contributed by atoms with E-state index in [-0.39, 0.29) is 34.0 Å². The van der Waals surface area contributed by atoms with Crippen LogP contribution in [-0.2, 0) is 36.5 Å². The fourth-order valence-electron chi connectivity index (χ4n) is 12.9. The highest BCUT2D eigenvalue weighted by molar-refractivity contribution is 7.31. The number of carbonyl (C=O) groups is 2. The van der Waals surface area contributed by atoms with Crippen molar-refractivity contribution in [2.75, 3.05) is 0 Å². The van der Waals surface area contributed by atoms with Crippen LogP contribution < -0.4 is 0 Å². The van der Waals surface area contributed by atoms with Gasteiger partial charge in [-0.2, -0.15) is 0 Å². The van der Waals surface area contributed by atoms with Gasteiger partial charge in [-0.05, 0) is 109 Å². The molecule has 0 aliphatic heterocycles. The van der Waals surface area contributed by atoms with Crippen molar-refractivity contribution < 1.29 is 18.4 Å². The van der Waals surface area contributed by atoms with Crippen LogP contribution in [0.25, 0.3) is 70.3 Å². The Hall–Kier alpha value is -3.46. The van der Waals surface area contributed by atoms with Crippen LogP contribution in [0.4, 0.5) is 8.78 Å². The zero-order valence-corrected chi connectivity index (χ0v) is 60.7. The number of halogens is 2. The molecule has 8 heterocycles. The second kappa shape index (κ2) is 28.2. The minimum Gasteiger partial charge on any atom is -0.288 e. The SMILES string of the molecule is CCCCC(C)Cc1sc(CC(CC)CCCC)c2c1C(=O)c1c(-c3ccc(C(C)(C)C)s3)sc(-c3ccc(-c4cc5c(-c6cc(F)c(CC(CC)CCCC)s6)c6sc(C(C)(C)C)cc6c(-c6cc(F)c(CC(CC)CCCC)s6)c5s4)s3)c1C2=O. The third kappa shape index (κ3) is 13.9. The quantitative estimate of drug-likeness (QED) is 0.0490. The summed E-state index contributed by atoms with van der Waals surface area (Å²) in [6, 6.07) is 17.1. The van der Waals surface area contributed by atoms with Gasteiger partial charge in [-0.25, -0.2) is 8.78 Å². The van der Waals surface area contributed by atoms with E-state index in [1.54, 1.807) is 79.4 Å². The molecule has 466 valence electrons. The predicted molar refractivity (Wildman–Crippen MR) is 386 cm³/mol. The summed E-state index contributed by atoms with van der Waals surface area (Å²) < 4.78 is 35.7. The van der Waals surface area contributed by atoms with Crippen LogP contribution in [0, 0.1) is 35.3 Å². The molecule has 0 radical (unpaired) electrons. The number of ketones is 2. The number of benzene rings is 1. The van der Waals surface area contributed by atoms with E-state index in [0.717, 1.165) is 212 Å². The lowest BCUT2D eigenvalue weighted by Gasteiger charge is -2.19. The van der Waals surface area contributed by atoms with Gasteiger partial charge in [0, 0.05) is 101 Å². The van der Waals surface area contributed by atoms with Crippen molar-refractivity contribution in [1.29, 1.82) is 0 Å². The maximum Gasteiger partial charge on any atom is 0.197 e. The van der Waals surface area contributed by atoms with Crippen molar-refractivity contribution in [3.63, 3.8) is 0 Å². The van der Waals surface area contributed by atoms with E-state index in [2.05, 4.69) is 133 Å². The maximum absolute atomic E-state index is 16.7. The molecular weight excluding hydrogens is 1230 g/mol. The van der Waals surface area contributed by atoms with Crippen molar-refractivity contribution in [2.24, 2.45) is 23.7 Å². The molecule has 10 rings (SSSR count). The zero-order valence-electron chi connectivity index (χ0n) is 54.2. The van der Waals surface area contributed by atoms with Crippen LogP contribution in [0.15, 0.2) is 48.5 Å².